The molecular formula is C16H11ClN4O. The largest absolute Gasteiger partial charge is 0.355 e. The first-order valence-electron chi connectivity index (χ1n) is 6.78. The molecule has 4 rings (SSSR count). The number of aryl methyl sites for hydroxylation is 1. The molecule has 108 valence electrons. The number of benzene rings is 2. The lowest BCUT2D eigenvalue weighted by Crippen LogP contribution is -2.20. The molecule has 0 aliphatic heterocycles. The summed E-state index contributed by atoms with van der Waals surface area (Å²) in [4.78, 5) is 17.1. The third kappa shape index (κ3) is 1.83. The van der Waals surface area contributed by atoms with E-state index in [2.05, 4.69) is 10.1 Å². The van der Waals surface area contributed by atoms with Gasteiger partial charge < -0.3 is 0 Å². The molecule has 2 aromatic heterocycles. The van der Waals surface area contributed by atoms with Gasteiger partial charge in [-0.25, -0.2) is 14.2 Å². The van der Waals surface area contributed by atoms with Crippen LogP contribution in [0.15, 0.2) is 53.3 Å². The topological polar surface area (TPSA) is 52.2 Å². The zero-order valence-corrected chi connectivity index (χ0v) is 12.4. The van der Waals surface area contributed by atoms with Crippen molar-refractivity contribution in [3.63, 3.8) is 0 Å². The summed E-state index contributed by atoms with van der Waals surface area (Å²) in [5.74, 6) is 0. The molecule has 2 aromatic carbocycles. The van der Waals surface area contributed by atoms with Crippen LogP contribution in [0.5, 0.6) is 0 Å². The Morgan fingerprint density at radius 1 is 1.05 bits per heavy atom. The molecule has 2 heterocycles. The third-order valence-corrected chi connectivity index (χ3v) is 3.84. The van der Waals surface area contributed by atoms with E-state index in [1.807, 2.05) is 55.5 Å². The maximum absolute atomic E-state index is 12.8. The van der Waals surface area contributed by atoms with Crippen LogP contribution >= 0.6 is 11.6 Å². The van der Waals surface area contributed by atoms with E-state index >= 15 is 0 Å². The van der Waals surface area contributed by atoms with Gasteiger partial charge in [-0.1, -0.05) is 41.4 Å². The summed E-state index contributed by atoms with van der Waals surface area (Å²) >= 11 is 6.19. The van der Waals surface area contributed by atoms with E-state index in [0.717, 1.165) is 5.56 Å². The minimum atomic E-state index is -0.264. The zero-order chi connectivity index (χ0) is 15.3. The number of rotatable bonds is 1. The molecule has 5 nitrogen and oxygen atoms in total. The van der Waals surface area contributed by atoms with Gasteiger partial charge >= 0.3 is 5.69 Å². The smallest absolute Gasteiger partial charge is 0.245 e. The summed E-state index contributed by atoms with van der Waals surface area (Å²) < 4.78 is 2.83. The molecule has 0 unspecified atom stereocenters. The Bertz CT molecular complexity index is 1060. The molecule has 0 fully saturated rings. The summed E-state index contributed by atoms with van der Waals surface area (Å²) in [5.41, 5.74) is 3.24. The Kier molecular flexibility index (Phi) is 2.77. The maximum Gasteiger partial charge on any atom is 0.355 e. The van der Waals surface area contributed by atoms with Crippen molar-refractivity contribution in [3.05, 3.63) is 69.7 Å². The van der Waals surface area contributed by atoms with Gasteiger partial charge in [0.15, 0.2) is 10.8 Å². The Balaban J connectivity index is 2.13. The van der Waals surface area contributed by atoms with E-state index < -0.39 is 0 Å². The van der Waals surface area contributed by atoms with Crippen molar-refractivity contribution < 1.29 is 0 Å². The first kappa shape index (κ1) is 13.0. The molecule has 0 aliphatic carbocycles. The van der Waals surface area contributed by atoms with E-state index in [-0.39, 0.29) is 10.8 Å². The fourth-order valence-electron chi connectivity index (χ4n) is 2.48. The minimum Gasteiger partial charge on any atom is -0.245 e. The van der Waals surface area contributed by atoms with E-state index in [0.29, 0.717) is 22.4 Å². The summed E-state index contributed by atoms with van der Waals surface area (Å²) in [5, 5.41) is 4.54. The molecule has 0 amide bonds. The van der Waals surface area contributed by atoms with Crippen LogP contribution in [0.1, 0.15) is 5.56 Å². The minimum absolute atomic E-state index is 0.210. The van der Waals surface area contributed by atoms with Crippen LogP contribution < -0.4 is 5.69 Å². The van der Waals surface area contributed by atoms with Gasteiger partial charge in [-0.3, -0.25) is 0 Å². The molecule has 0 aliphatic rings. The van der Waals surface area contributed by atoms with Crippen LogP contribution in [-0.4, -0.2) is 19.2 Å². The lowest BCUT2D eigenvalue weighted by atomic mass is 10.2. The Labute approximate surface area is 130 Å². The van der Waals surface area contributed by atoms with Crippen molar-refractivity contribution in [1.82, 2.24) is 19.2 Å². The van der Waals surface area contributed by atoms with Gasteiger partial charge in [-0.15, -0.1) is 5.10 Å². The highest BCUT2D eigenvalue weighted by molar-refractivity contribution is 6.32. The molecule has 0 N–H and O–H groups in total. The van der Waals surface area contributed by atoms with E-state index in [1.165, 1.54) is 9.08 Å². The van der Waals surface area contributed by atoms with Crippen molar-refractivity contribution in [2.24, 2.45) is 0 Å². The summed E-state index contributed by atoms with van der Waals surface area (Å²) in [6.07, 6.45) is 0. The molecule has 22 heavy (non-hydrogen) atoms. The highest BCUT2D eigenvalue weighted by Crippen LogP contribution is 2.19. The van der Waals surface area contributed by atoms with Crippen LogP contribution in [0.2, 0.25) is 5.15 Å². The third-order valence-electron chi connectivity index (χ3n) is 3.58. The normalized spacial score (nSPS) is 11.4. The van der Waals surface area contributed by atoms with Crippen LogP contribution in [0.4, 0.5) is 0 Å². The number of fused-ring (bicyclic) bond motifs is 3. The van der Waals surface area contributed by atoms with Crippen molar-refractivity contribution >= 4 is 28.3 Å². The predicted molar refractivity (Wildman–Crippen MR) is 85.8 cm³/mol. The summed E-state index contributed by atoms with van der Waals surface area (Å²) in [6.45, 7) is 1.99. The van der Waals surface area contributed by atoms with Gasteiger partial charge in [-0.2, -0.15) is 4.68 Å². The number of para-hydroxylation sites is 2. The standard InChI is InChI=1S/C16H11ClN4O/c1-10-6-8-11(9-7-10)21-16(22)20-13-5-3-2-4-12(13)18-14(17)15(20)19-21/h2-9H,1H3. The molecular weight excluding hydrogens is 300 g/mol. The van der Waals surface area contributed by atoms with E-state index in [9.17, 15) is 4.79 Å². The Morgan fingerprint density at radius 2 is 1.77 bits per heavy atom. The second-order valence-electron chi connectivity index (χ2n) is 5.08. The van der Waals surface area contributed by atoms with Gasteiger partial charge in [-0.05, 0) is 31.2 Å². The van der Waals surface area contributed by atoms with Crippen LogP contribution in [0.25, 0.3) is 22.4 Å². The Morgan fingerprint density at radius 3 is 2.55 bits per heavy atom. The highest BCUT2D eigenvalue weighted by atomic mass is 35.5. The lowest BCUT2D eigenvalue weighted by molar-refractivity contribution is 0.842. The number of nitrogens with zero attached hydrogens (tertiary/aromatic N) is 4. The van der Waals surface area contributed by atoms with Crippen LogP contribution in [-0.2, 0) is 0 Å². The molecule has 0 radical (unpaired) electrons. The first-order chi connectivity index (χ1) is 10.6. The van der Waals surface area contributed by atoms with E-state index in [1.54, 1.807) is 0 Å². The molecule has 6 heteroatoms. The summed E-state index contributed by atoms with van der Waals surface area (Å²) in [6, 6.07) is 14.9. The lowest BCUT2D eigenvalue weighted by Gasteiger charge is -2.00. The van der Waals surface area contributed by atoms with E-state index in [4.69, 9.17) is 11.6 Å². The fourth-order valence-corrected chi connectivity index (χ4v) is 2.69. The zero-order valence-electron chi connectivity index (χ0n) is 11.7. The summed E-state index contributed by atoms with van der Waals surface area (Å²) in [7, 11) is 0. The van der Waals surface area contributed by atoms with Crippen molar-refractivity contribution in [1.29, 1.82) is 0 Å². The molecule has 4 aromatic rings. The molecule has 0 saturated carbocycles. The molecule has 0 bridgehead atoms. The number of aromatic nitrogens is 4. The Hall–Kier alpha value is -2.66. The number of hydrogen-bond donors (Lipinski definition) is 0. The second-order valence-corrected chi connectivity index (χ2v) is 5.44. The quantitative estimate of drug-likeness (QED) is 0.543. The van der Waals surface area contributed by atoms with Gasteiger partial charge in [0.05, 0.1) is 16.7 Å². The highest BCUT2D eigenvalue weighted by Gasteiger charge is 2.15. The SMILES string of the molecule is Cc1ccc(-n2nc3c(Cl)nc4ccccc4n3c2=O)cc1. The van der Waals surface area contributed by atoms with Crippen LogP contribution in [0.3, 0.4) is 0 Å². The monoisotopic (exact) mass is 310 g/mol. The fraction of sp³-hybridized carbons (Fsp3) is 0.0625. The van der Waals surface area contributed by atoms with Gasteiger partial charge in [0, 0.05) is 0 Å². The maximum atomic E-state index is 12.8. The van der Waals surface area contributed by atoms with Crippen molar-refractivity contribution in [3.8, 4) is 5.69 Å². The number of hydrogen-bond acceptors (Lipinski definition) is 3. The van der Waals surface area contributed by atoms with Gasteiger partial charge in [0.25, 0.3) is 0 Å². The molecule has 0 atom stereocenters. The average Bonchev–Trinajstić information content (AvgIpc) is 2.87. The molecule has 0 spiro atoms. The van der Waals surface area contributed by atoms with Crippen molar-refractivity contribution in [2.45, 2.75) is 6.92 Å². The first-order valence-corrected chi connectivity index (χ1v) is 7.16. The second kappa shape index (κ2) is 4.68. The molecule has 0 saturated heterocycles. The average molecular weight is 311 g/mol. The van der Waals surface area contributed by atoms with Gasteiger partial charge in [0.1, 0.15) is 0 Å². The van der Waals surface area contributed by atoms with Gasteiger partial charge in [0.2, 0.25) is 0 Å². The predicted octanol–water partition coefficient (Wildman–Crippen LogP) is 3.00. The number of halogens is 1. The van der Waals surface area contributed by atoms with Crippen molar-refractivity contribution in [2.75, 3.05) is 0 Å². The van der Waals surface area contributed by atoms with Crippen LogP contribution in [0, 0.1) is 6.92 Å².